The summed E-state index contributed by atoms with van der Waals surface area (Å²) in [5.41, 5.74) is 17.5. The van der Waals surface area contributed by atoms with Crippen molar-refractivity contribution >= 4 is 44.6 Å². The van der Waals surface area contributed by atoms with Gasteiger partial charge in [0.05, 0.1) is 11.6 Å². The first-order valence-corrected chi connectivity index (χ1v) is 22.9. The number of rotatable bonds is 8. The number of hydrogen-bond donors (Lipinski definition) is 0. The molecule has 1 aliphatic heterocycles. The zero-order valence-corrected chi connectivity index (χ0v) is 40.7. The third-order valence-corrected chi connectivity index (χ3v) is 12.8. The van der Waals surface area contributed by atoms with Gasteiger partial charge in [0, 0.05) is 66.5 Å². The molecule has 336 valence electrons. The molecule has 4 heterocycles. The smallest absolute Gasteiger partial charge is 0.144 e. The largest absolute Gasteiger partial charge is 0.488 e. The van der Waals surface area contributed by atoms with Gasteiger partial charge >= 0.3 is 0 Å². The first kappa shape index (κ1) is 43.6. The maximum absolute atomic E-state index is 5.27. The Kier molecular flexibility index (Phi) is 11.3. The minimum absolute atomic E-state index is 0. The quantitative estimate of drug-likeness (QED) is 0.141. The second kappa shape index (κ2) is 17.9. The second-order valence-corrected chi connectivity index (χ2v) is 17.5. The predicted molar refractivity (Wildman–Crippen MR) is 277 cm³/mol. The van der Waals surface area contributed by atoms with Crippen molar-refractivity contribution in [1.82, 2.24) is 24.5 Å². The van der Waals surface area contributed by atoms with E-state index in [1.807, 2.05) is 18.3 Å². The van der Waals surface area contributed by atoms with Gasteiger partial charge < -0.3 is 19.4 Å². The van der Waals surface area contributed by atoms with Gasteiger partial charge in [-0.3, -0.25) is 9.97 Å². The number of hydrogen-bond acceptors (Lipinski definition) is 6. The van der Waals surface area contributed by atoms with Gasteiger partial charge in [0.2, 0.25) is 0 Å². The fourth-order valence-corrected chi connectivity index (χ4v) is 9.88. The van der Waals surface area contributed by atoms with Crippen LogP contribution in [0.15, 0.2) is 188 Å². The van der Waals surface area contributed by atoms with E-state index in [9.17, 15) is 0 Å². The number of aryl methyl sites for hydroxylation is 4. The minimum atomic E-state index is 0. The van der Waals surface area contributed by atoms with Gasteiger partial charge in [0.1, 0.15) is 11.6 Å². The molecule has 11 aromatic rings. The Bertz CT molecular complexity index is 3650. The monoisotopic (exact) mass is 1070 g/mol. The van der Waals surface area contributed by atoms with Gasteiger partial charge in [0.25, 0.3) is 0 Å². The number of aromatic nitrogens is 5. The molecule has 0 atom stereocenters. The molecule has 0 radical (unpaired) electrons. The normalized spacial score (nSPS) is 12.1. The molecule has 7 nitrogen and oxygen atoms in total. The molecule has 0 saturated carbocycles. The Morgan fingerprint density at radius 3 is 1.75 bits per heavy atom. The summed E-state index contributed by atoms with van der Waals surface area (Å²) in [5.74, 6) is 2.47. The molecule has 8 heteroatoms. The summed E-state index contributed by atoms with van der Waals surface area (Å²) in [6.45, 7) is 10.7. The van der Waals surface area contributed by atoms with Crippen molar-refractivity contribution in [3.05, 3.63) is 229 Å². The number of nitrogens with zero attached hydrogens (tertiary/aromatic N) is 7. The molecule has 69 heavy (non-hydrogen) atoms. The summed E-state index contributed by atoms with van der Waals surface area (Å²) in [6, 6.07) is 71.3. The molecular formula is C61H44N7Pt-3. The van der Waals surface area contributed by atoms with Crippen LogP contribution in [0.3, 0.4) is 0 Å². The Morgan fingerprint density at radius 1 is 0.478 bits per heavy atom. The molecule has 3 aromatic heterocycles. The SMILES string of the molecule is Cc1ccnc(-n2c3[c-]c(-c4nc(-c5[c-]c(N6[CH-]N(c7c(-c8ccccc8)cccc7-c7ccccc7)c7ccccc76)ccc5)nc(-c5c(C)cc(C)cc5C)n4)ccc3c3ccccc32)c1.[Pt]. The molecule has 0 N–H and O–H groups in total. The van der Waals surface area contributed by atoms with Gasteiger partial charge in [-0.05, 0) is 96.7 Å². The second-order valence-electron chi connectivity index (χ2n) is 17.5. The van der Waals surface area contributed by atoms with Gasteiger partial charge in [-0.25, -0.2) is 4.98 Å². The molecule has 0 spiro atoms. The van der Waals surface area contributed by atoms with E-state index in [1.165, 1.54) is 5.56 Å². The van der Waals surface area contributed by atoms with Gasteiger partial charge in [-0.1, -0.05) is 138 Å². The summed E-state index contributed by atoms with van der Waals surface area (Å²) < 4.78 is 2.18. The summed E-state index contributed by atoms with van der Waals surface area (Å²) in [5, 5.41) is 2.20. The molecule has 1 aliphatic rings. The Morgan fingerprint density at radius 2 is 1.07 bits per heavy atom. The average molecular weight is 1070 g/mol. The van der Waals surface area contributed by atoms with Crippen molar-refractivity contribution in [1.29, 1.82) is 0 Å². The molecule has 0 unspecified atom stereocenters. The van der Waals surface area contributed by atoms with Crippen LogP contribution < -0.4 is 9.80 Å². The van der Waals surface area contributed by atoms with E-state index in [0.717, 1.165) is 106 Å². The molecular weight excluding hydrogens is 1030 g/mol. The Labute approximate surface area is 416 Å². The molecule has 0 fully saturated rings. The first-order valence-electron chi connectivity index (χ1n) is 22.9. The van der Waals surface area contributed by atoms with E-state index >= 15 is 0 Å². The fourth-order valence-electron chi connectivity index (χ4n) is 9.88. The zero-order chi connectivity index (χ0) is 45.9. The minimum Gasteiger partial charge on any atom is -0.488 e. The summed E-state index contributed by atoms with van der Waals surface area (Å²) in [6.07, 6.45) is 1.86. The van der Waals surface area contributed by atoms with Crippen LogP contribution in [0.1, 0.15) is 22.3 Å². The van der Waals surface area contributed by atoms with Crippen molar-refractivity contribution in [2.75, 3.05) is 9.80 Å². The van der Waals surface area contributed by atoms with E-state index in [1.54, 1.807) is 0 Å². The number of pyridine rings is 1. The van der Waals surface area contributed by atoms with Crippen molar-refractivity contribution in [2.45, 2.75) is 27.7 Å². The fraction of sp³-hybridized carbons (Fsp3) is 0.0656. The molecule has 12 rings (SSSR count). The van der Waals surface area contributed by atoms with Crippen LogP contribution in [0.25, 0.3) is 84.0 Å². The van der Waals surface area contributed by atoms with E-state index < -0.39 is 0 Å². The van der Waals surface area contributed by atoms with E-state index in [2.05, 4.69) is 231 Å². The number of benzene rings is 8. The Hall–Kier alpha value is -7.99. The number of para-hydroxylation sites is 4. The maximum Gasteiger partial charge on any atom is 0.144 e. The molecule has 0 bridgehead atoms. The average Bonchev–Trinajstić information content (AvgIpc) is 3.92. The number of anilines is 4. The van der Waals surface area contributed by atoms with Crippen LogP contribution in [0.5, 0.6) is 0 Å². The topological polar surface area (TPSA) is 63.0 Å². The van der Waals surface area contributed by atoms with Crippen molar-refractivity contribution < 1.29 is 21.1 Å². The van der Waals surface area contributed by atoms with E-state index in [4.69, 9.17) is 19.9 Å². The molecule has 0 amide bonds. The number of fused-ring (bicyclic) bond motifs is 4. The van der Waals surface area contributed by atoms with Gasteiger partial charge in [-0.2, -0.15) is 0 Å². The van der Waals surface area contributed by atoms with Gasteiger partial charge in [0.15, 0.2) is 0 Å². The standard InChI is InChI=1S/C61H44N7.Pt/c1-39-31-32-62-56(35-39)68-52-26-12-11-23-50(52)51-30-29-46(37-55(51)68)60-63-59(64-61(65-60)57-41(3)33-40(2)34-42(57)4)45-21-15-22-47(36-45)66-38-67(54-28-14-13-27-53(54)66)58-48(43-17-7-5-8-18-43)24-16-25-49(58)44-19-9-6-10-20-44;/h5-35,38H,1-4H3;/q-3;. The van der Waals surface area contributed by atoms with Crippen LogP contribution in [0, 0.1) is 46.5 Å². The summed E-state index contributed by atoms with van der Waals surface area (Å²) in [7, 11) is 0. The van der Waals surface area contributed by atoms with E-state index in [0.29, 0.717) is 17.5 Å². The summed E-state index contributed by atoms with van der Waals surface area (Å²) in [4.78, 5) is 25.1. The van der Waals surface area contributed by atoms with E-state index in [-0.39, 0.29) is 21.1 Å². The van der Waals surface area contributed by atoms with Crippen molar-refractivity contribution in [2.24, 2.45) is 0 Å². The van der Waals surface area contributed by atoms with Crippen LogP contribution in [0.4, 0.5) is 22.7 Å². The van der Waals surface area contributed by atoms with Crippen LogP contribution in [-0.4, -0.2) is 24.5 Å². The predicted octanol–water partition coefficient (Wildman–Crippen LogP) is 14.9. The first-order chi connectivity index (χ1) is 33.4. The summed E-state index contributed by atoms with van der Waals surface area (Å²) >= 11 is 0. The Balaban J connectivity index is 0.00000520. The third kappa shape index (κ3) is 7.79. The third-order valence-electron chi connectivity index (χ3n) is 12.8. The molecule has 8 aromatic carbocycles. The van der Waals surface area contributed by atoms with Crippen LogP contribution >= 0.6 is 0 Å². The van der Waals surface area contributed by atoms with Crippen molar-refractivity contribution in [3.8, 4) is 62.2 Å². The van der Waals surface area contributed by atoms with Gasteiger partial charge in [-0.15, -0.1) is 60.3 Å². The maximum atomic E-state index is 5.27. The van der Waals surface area contributed by atoms with Crippen LogP contribution in [-0.2, 0) is 21.1 Å². The molecule has 0 saturated heterocycles. The zero-order valence-electron chi connectivity index (χ0n) is 38.4. The molecule has 0 aliphatic carbocycles. The van der Waals surface area contributed by atoms with Crippen molar-refractivity contribution in [3.63, 3.8) is 0 Å². The van der Waals surface area contributed by atoms with Crippen LogP contribution in [0.2, 0.25) is 0 Å².